The van der Waals surface area contributed by atoms with Gasteiger partial charge in [0, 0.05) is 43.4 Å². The zero-order valence-corrected chi connectivity index (χ0v) is 20.4. The zero-order valence-electron chi connectivity index (χ0n) is 18.8. The van der Waals surface area contributed by atoms with E-state index in [0.29, 0.717) is 31.2 Å². The SMILES string of the molecule is O=C(NCCS(=O)(=O)N1CCN(c2ccc(Cl)cc2)CC1)C(c1ccccc1)c1ccccc1. The van der Waals surface area contributed by atoms with E-state index in [-0.39, 0.29) is 18.2 Å². The molecule has 0 unspecified atom stereocenters. The van der Waals surface area contributed by atoms with Gasteiger partial charge in [0.15, 0.2) is 0 Å². The van der Waals surface area contributed by atoms with Crippen LogP contribution in [-0.2, 0) is 14.8 Å². The number of rotatable bonds is 8. The Bertz CT molecular complexity index is 1140. The molecule has 0 radical (unpaired) electrons. The zero-order chi connectivity index (χ0) is 24.0. The largest absolute Gasteiger partial charge is 0.369 e. The van der Waals surface area contributed by atoms with E-state index in [4.69, 9.17) is 11.6 Å². The van der Waals surface area contributed by atoms with Crippen molar-refractivity contribution in [1.29, 1.82) is 0 Å². The van der Waals surface area contributed by atoms with E-state index in [1.807, 2.05) is 84.9 Å². The Morgan fingerprint density at radius 2 is 1.35 bits per heavy atom. The van der Waals surface area contributed by atoms with Crippen LogP contribution in [0, 0.1) is 0 Å². The predicted octanol–water partition coefficient (Wildman–Crippen LogP) is 3.74. The lowest BCUT2D eigenvalue weighted by atomic mass is 9.90. The van der Waals surface area contributed by atoms with E-state index in [9.17, 15) is 13.2 Å². The van der Waals surface area contributed by atoms with Crippen molar-refractivity contribution < 1.29 is 13.2 Å². The minimum atomic E-state index is -3.48. The van der Waals surface area contributed by atoms with Crippen LogP contribution in [-0.4, -0.2) is 57.1 Å². The Balaban J connectivity index is 1.33. The highest BCUT2D eigenvalue weighted by Crippen LogP contribution is 2.25. The maximum atomic E-state index is 13.1. The molecule has 0 aliphatic carbocycles. The third-order valence-electron chi connectivity index (χ3n) is 6.01. The van der Waals surface area contributed by atoms with Crippen molar-refractivity contribution in [1.82, 2.24) is 9.62 Å². The molecule has 1 aliphatic rings. The second-order valence-corrected chi connectivity index (χ2v) is 10.7. The number of carbonyl (C=O) groups is 1. The second kappa shape index (κ2) is 11.0. The Morgan fingerprint density at radius 3 is 1.88 bits per heavy atom. The first-order chi connectivity index (χ1) is 16.4. The highest BCUT2D eigenvalue weighted by Gasteiger charge is 2.28. The molecule has 1 aliphatic heterocycles. The Morgan fingerprint density at radius 1 is 0.824 bits per heavy atom. The number of nitrogens with one attached hydrogen (secondary N) is 1. The first-order valence-electron chi connectivity index (χ1n) is 11.3. The molecular weight excluding hydrogens is 470 g/mol. The lowest BCUT2D eigenvalue weighted by Crippen LogP contribution is -2.50. The number of amides is 1. The molecule has 4 rings (SSSR count). The van der Waals surface area contributed by atoms with Gasteiger partial charge in [-0.2, -0.15) is 4.31 Å². The molecule has 0 atom stereocenters. The molecule has 0 spiro atoms. The van der Waals surface area contributed by atoms with E-state index in [1.54, 1.807) is 0 Å². The summed E-state index contributed by atoms with van der Waals surface area (Å²) in [4.78, 5) is 15.2. The number of halogens is 1. The smallest absolute Gasteiger partial charge is 0.232 e. The number of hydrogen-bond donors (Lipinski definition) is 1. The van der Waals surface area contributed by atoms with Gasteiger partial charge >= 0.3 is 0 Å². The van der Waals surface area contributed by atoms with E-state index < -0.39 is 15.9 Å². The summed E-state index contributed by atoms with van der Waals surface area (Å²) >= 11 is 5.96. The monoisotopic (exact) mass is 497 g/mol. The molecule has 1 amide bonds. The van der Waals surface area contributed by atoms with Crippen molar-refractivity contribution in [3.05, 3.63) is 101 Å². The molecule has 178 valence electrons. The highest BCUT2D eigenvalue weighted by atomic mass is 35.5. The van der Waals surface area contributed by atoms with Crippen molar-refractivity contribution in [2.45, 2.75) is 5.92 Å². The van der Waals surface area contributed by atoms with Crippen molar-refractivity contribution in [2.24, 2.45) is 0 Å². The van der Waals surface area contributed by atoms with Gasteiger partial charge in [-0.15, -0.1) is 0 Å². The van der Waals surface area contributed by atoms with Gasteiger partial charge in [-0.25, -0.2) is 8.42 Å². The van der Waals surface area contributed by atoms with Gasteiger partial charge in [0.2, 0.25) is 15.9 Å². The van der Waals surface area contributed by atoms with Crippen LogP contribution in [0.15, 0.2) is 84.9 Å². The third-order valence-corrected chi connectivity index (χ3v) is 8.13. The molecule has 0 aromatic heterocycles. The van der Waals surface area contributed by atoms with Crippen LogP contribution in [0.3, 0.4) is 0 Å². The van der Waals surface area contributed by atoms with Gasteiger partial charge in [0.05, 0.1) is 11.7 Å². The van der Waals surface area contributed by atoms with Gasteiger partial charge in [-0.3, -0.25) is 4.79 Å². The lowest BCUT2D eigenvalue weighted by molar-refractivity contribution is -0.121. The average Bonchev–Trinajstić information content (AvgIpc) is 2.86. The molecule has 6 nitrogen and oxygen atoms in total. The van der Waals surface area contributed by atoms with Crippen LogP contribution >= 0.6 is 11.6 Å². The van der Waals surface area contributed by atoms with Gasteiger partial charge in [-0.1, -0.05) is 72.3 Å². The fourth-order valence-electron chi connectivity index (χ4n) is 4.20. The number of piperazine rings is 1. The normalized spacial score (nSPS) is 14.8. The summed E-state index contributed by atoms with van der Waals surface area (Å²) in [5.74, 6) is -0.830. The number of benzene rings is 3. The number of anilines is 1. The average molecular weight is 498 g/mol. The van der Waals surface area contributed by atoms with Crippen LogP contribution in [0.2, 0.25) is 5.02 Å². The minimum absolute atomic E-state index is 0.0642. The van der Waals surface area contributed by atoms with Crippen LogP contribution in [0.4, 0.5) is 5.69 Å². The number of sulfonamides is 1. The Labute approximate surface area is 206 Å². The number of carbonyl (C=O) groups excluding carboxylic acids is 1. The molecule has 0 bridgehead atoms. The summed E-state index contributed by atoms with van der Waals surface area (Å²) in [6.45, 7) is 2.11. The summed E-state index contributed by atoms with van der Waals surface area (Å²) < 4.78 is 27.3. The van der Waals surface area contributed by atoms with Gasteiger partial charge in [-0.05, 0) is 35.4 Å². The summed E-state index contributed by atoms with van der Waals surface area (Å²) in [6, 6.07) is 26.6. The van der Waals surface area contributed by atoms with Crippen LogP contribution in [0.5, 0.6) is 0 Å². The second-order valence-electron chi connectivity index (χ2n) is 8.22. The van der Waals surface area contributed by atoms with E-state index in [2.05, 4.69) is 10.2 Å². The van der Waals surface area contributed by atoms with Crippen molar-refractivity contribution in [3.8, 4) is 0 Å². The summed E-state index contributed by atoms with van der Waals surface area (Å²) in [5.41, 5.74) is 2.77. The van der Waals surface area contributed by atoms with Gasteiger partial charge < -0.3 is 10.2 Å². The molecule has 1 N–H and O–H groups in total. The summed E-state index contributed by atoms with van der Waals surface area (Å²) in [6.07, 6.45) is 0. The lowest BCUT2D eigenvalue weighted by Gasteiger charge is -2.35. The number of hydrogen-bond acceptors (Lipinski definition) is 4. The molecular formula is C26H28ClN3O3S. The Hall–Kier alpha value is -2.87. The van der Waals surface area contributed by atoms with E-state index in [0.717, 1.165) is 16.8 Å². The van der Waals surface area contributed by atoms with Crippen LogP contribution < -0.4 is 10.2 Å². The fraction of sp³-hybridized carbons (Fsp3) is 0.269. The van der Waals surface area contributed by atoms with Crippen LogP contribution in [0.25, 0.3) is 0 Å². The topological polar surface area (TPSA) is 69.7 Å². The van der Waals surface area contributed by atoms with Crippen molar-refractivity contribution in [3.63, 3.8) is 0 Å². The summed E-state index contributed by atoms with van der Waals surface area (Å²) in [5, 5.41) is 3.52. The van der Waals surface area contributed by atoms with Crippen molar-refractivity contribution in [2.75, 3.05) is 43.4 Å². The fourth-order valence-corrected chi connectivity index (χ4v) is 5.66. The molecule has 3 aromatic carbocycles. The van der Waals surface area contributed by atoms with Crippen LogP contribution in [0.1, 0.15) is 17.0 Å². The highest BCUT2D eigenvalue weighted by molar-refractivity contribution is 7.89. The van der Waals surface area contributed by atoms with Gasteiger partial charge in [0.25, 0.3) is 0 Å². The first kappa shape index (κ1) is 24.3. The molecule has 0 saturated carbocycles. The number of nitrogens with zero attached hydrogens (tertiary/aromatic N) is 2. The molecule has 1 fully saturated rings. The maximum absolute atomic E-state index is 13.1. The summed E-state index contributed by atoms with van der Waals surface area (Å²) in [7, 11) is -3.48. The Kier molecular flexibility index (Phi) is 7.88. The molecule has 8 heteroatoms. The van der Waals surface area contributed by atoms with E-state index in [1.165, 1.54) is 4.31 Å². The molecule has 3 aromatic rings. The van der Waals surface area contributed by atoms with Gasteiger partial charge in [0.1, 0.15) is 0 Å². The first-order valence-corrected chi connectivity index (χ1v) is 13.3. The molecule has 34 heavy (non-hydrogen) atoms. The maximum Gasteiger partial charge on any atom is 0.232 e. The third kappa shape index (κ3) is 5.97. The predicted molar refractivity (Wildman–Crippen MR) is 137 cm³/mol. The molecule has 1 saturated heterocycles. The standard InChI is InChI=1S/C26H28ClN3O3S/c27-23-11-13-24(14-12-23)29-16-18-30(19-17-29)34(32,33)20-15-28-26(31)25(21-7-3-1-4-8-21)22-9-5-2-6-10-22/h1-14,25H,15-20H2,(H,28,31). The minimum Gasteiger partial charge on any atom is -0.369 e. The van der Waals surface area contributed by atoms with Crippen molar-refractivity contribution >= 4 is 33.2 Å². The quantitative estimate of drug-likeness (QED) is 0.514. The molecule has 1 heterocycles. The van der Waals surface area contributed by atoms with E-state index >= 15 is 0 Å².